The van der Waals surface area contributed by atoms with Crippen molar-refractivity contribution in [3.8, 4) is 0 Å². The summed E-state index contributed by atoms with van der Waals surface area (Å²) in [6.45, 7) is 0. The highest BCUT2D eigenvalue weighted by Crippen LogP contribution is 2.20. The van der Waals surface area contributed by atoms with Gasteiger partial charge in [-0.2, -0.15) is 5.48 Å². The molecular weight excluding hydrogens is 224 g/mol. The van der Waals surface area contributed by atoms with Crippen LogP contribution in [0, 0.1) is 0 Å². The number of ketones is 2. The monoisotopic (exact) mass is 232 g/mol. The van der Waals surface area contributed by atoms with Crippen LogP contribution in [0.5, 0.6) is 0 Å². The molecule has 2 amide bonds. The second kappa shape index (κ2) is 4.09. The number of allylic oxidation sites excluding steroid dienone is 2. The summed E-state index contributed by atoms with van der Waals surface area (Å²) in [7, 11) is 0. The van der Waals surface area contributed by atoms with Crippen molar-refractivity contribution in [3.63, 3.8) is 0 Å². The highest BCUT2D eigenvalue weighted by molar-refractivity contribution is 6.23. The summed E-state index contributed by atoms with van der Waals surface area (Å²) in [5.74, 6) is -1.09. The first-order valence-corrected chi connectivity index (χ1v) is 4.71. The second-order valence-electron chi connectivity index (χ2n) is 3.32. The fraction of sp³-hybridized carbons (Fsp3) is 0. The average molecular weight is 232 g/mol. The van der Waals surface area contributed by atoms with E-state index in [4.69, 9.17) is 5.73 Å². The molecule has 0 aliphatic heterocycles. The summed E-state index contributed by atoms with van der Waals surface area (Å²) in [5, 5.41) is 0. The fourth-order valence-corrected chi connectivity index (χ4v) is 1.47. The normalized spacial score (nSPS) is 13.8. The molecule has 0 bridgehead atoms. The quantitative estimate of drug-likeness (QED) is 0.727. The molecule has 0 aromatic heterocycles. The van der Waals surface area contributed by atoms with E-state index in [0.717, 1.165) is 6.08 Å². The lowest BCUT2D eigenvalue weighted by Crippen LogP contribution is -2.32. The summed E-state index contributed by atoms with van der Waals surface area (Å²) in [4.78, 5) is 38.6. The van der Waals surface area contributed by atoms with Crippen LogP contribution in [0.1, 0.15) is 20.7 Å². The zero-order valence-electron chi connectivity index (χ0n) is 8.60. The molecule has 17 heavy (non-hydrogen) atoms. The van der Waals surface area contributed by atoms with Gasteiger partial charge in [0.2, 0.25) is 11.5 Å². The molecular formula is C11H8N2O4. The van der Waals surface area contributed by atoms with E-state index in [2.05, 4.69) is 4.84 Å². The van der Waals surface area contributed by atoms with Gasteiger partial charge in [-0.05, 0) is 0 Å². The molecule has 1 aliphatic carbocycles. The molecule has 1 aliphatic rings. The molecule has 0 saturated heterocycles. The lowest BCUT2D eigenvalue weighted by atomic mass is 9.94. The molecule has 0 saturated carbocycles. The molecule has 6 nitrogen and oxygen atoms in total. The van der Waals surface area contributed by atoms with Crippen LogP contribution in [0.15, 0.2) is 36.1 Å². The van der Waals surface area contributed by atoms with Gasteiger partial charge in [-0.15, -0.1) is 0 Å². The third kappa shape index (κ3) is 2.00. The Morgan fingerprint density at radius 2 is 1.82 bits per heavy atom. The number of nitrogens with two attached hydrogens (primary N) is 1. The molecule has 1 aromatic rings. The molecule has 2 rings (SSSR count). The molecule has 3 N–H and O–H groups in total. The van der Waals surface area contributed by atoms with E-state index in [9.17, 15) is 14.4 Å². The topological polar surface area (TPSA) is 98.5 Å². The molecule has 0 unspecified atom stereocenters. The van der Waals surface area contributed by atoms with Crippen molar-refractivity contribution in [1.29, 1.82) is 0 Å². The Morgan fingerprint density at radius 1 is 1.18 bits per heavy atom. The number of hydrogen-bond donors (Lipinski definition) is 2. The van der Waals surface area contributed by atoms with Gasteiger partial charge in [0, 0.05) is 17.2 Å². The minimum absolute atomic E-state index is 0.237. The number of amides is 2. The minimum Gasteiger partial charge on any atom is -0.374 e. The largest absolute Gasteiger partial charge is 0.374 e. The van der Waals surface area contributed by atoms with Crippen LogP contribution in [0.25, 0.3) is 0 Å². The highest BCUT2D eigenvalue weighted by atomic mass is 16.7. The number of primary amides is 1. The van der Waals surface area contributed by atoms with Crippen molar-refractivity contribution < 1.29 is 19.2 Å². The van der Waals surface area contributed by atoms with Crippen LogP contribution in [0.2, 0.25) is 0 Å². The van der Waals surface area contributed by atoms with Crippen LogP contribution >= 0.6 is 0 Å². The summed E-state index contributed by atoms with van der Waals surface area (Å²) in [5.41, 5.74) is 7.13. The number of carbonyl (C=O) groups excluding carboxylic acids is 3. The first-order valence-electron chi connectivity index (χ1n) is 4.71. The average Bonchev–Trinajstić information content (AvgIpc) is 2.32. The smallest absolute Gasteiger partial charge is 0.345 e. The van der Waals surface area contributed by atoms with Gasteiger partial charge in [0.25, 0.3) is 0 Å². The van der Waals surface area contributed by atoms with Gasteiger partial charge >= 0.3 is 6.03 Å². The molecule has 1 aromatic carbocycles. The first-order chi connectivity index (χ1) is 8.09. The van der Waals surface area contributed by atoms with Gasteiger partial charge in [0.1, 0.15) is 0 Å². The van der Waals surface area contributed by atoms with Crippen LogP contribution in [0.4, 0.5) is 4.79 Å². The number of Topliss-reactive ketones (excluding diaryl/α,β-unsaturated/α-hetero) is 1. The predicted molar refractivity (Wildman–Crippen MR) is 57.0 cm³/mol. The molecule has 86 valence electrons. The minimum atomic E-state index is -0.954. The lowest BCUT2D eigenvalue weighted by molar-refractivity contribution is 0.0777. The van der Waals surface area contributed by atoms with Gasteiger partial charge in [-0.25, -0.2) is 4.79 Å². The van der Waals surface area contributed by atoms with Crippen molar-refractivity contribution >= 4 is 17.6 Å². The van der Waals surface area contributed by atoms with Gasteiger partial charge in [-0.1, -0.05) is 24.3 Å². The van der Waals surface area contributed by atoms with Crippen LogP contribution in [-0.4, -0.2) is 17.6 Å². The fourth-order valence-electron chi connectivity index (χ4n) is 1.47. The van der Waals surface area contributed by atoms with E-state index in [1.54, 1.807) is 23.7 Å². The maximum Gasteiger partial charge on any atom is 0.345 e. The SMILES string of the molecule is NC(=O)NOC1=CC(=O)c2ccccc2C1=O. The maximum atomic E-state index is 11.8. The number of benzene rings is 1. The Kier molecular flexibility index (Phi) is 2.61. The Bertz CT molecular complexity index is 548. The number of nitrogens with one attached hydrogen (secondary N) is 1. The van der Waals surface area contributed by atoms with Crippen molar-refractivity contribution in [1.82, 2.24) is 5.48 Å². The third-order valence-corrected chi connectivity index (χ3v) is 2.18. The number of hydroxylamine groups is 1. The Hall–Kier alpha value is -2.63. The Balaban J connectivity index is 2.32. The summed E-state index contributed by atoms with van der Waals surface area (Å²) < 4.78 is 0. The zero-order valence-corrected chi connectivity index (χ0v) is 8.60. The number of urea groups is 1. The van der Waals surface area contributed by atoms with E-state index in [0.29, 0.717) is 5.56 Å². The number of carbonyl (C=O) groups is 3. The Morgan fingerprint density at radius 3 is 2.47 bits per heavy atom. The molecule has 0 atom stereocenters. The van der Waals surface area contributed by atoms with E-state index in [-0.39, 0.29) is 17.1 Å². The Labute approximate surface area is 96.0 Å². The van der Waals surface area contributed by atoms with E-state index in [1.807, 2.05) is 0 Å². The second-order valence-corrected chi connectivity index (χ2v) is 3.32. The standard InChI is InChI=1S/C11H8N2O4/c12-11(16)13-17-9-5-8(14)6-3-1-2-4-7(6)10(9)15/h1-5H,(H3,12,13,16). The molecule has 0 radical (unpaired) electrons. The molecule has 0 fully saturated rings. The molecule has 0 heterocycles. The van der Waals surface area contributed by atoms with E-state index < -0.39 is 11.8 Å². The summed E-state index contributed by atoms with van der Waals surface area (Å²) in [6.07, 6.45) is 1.01. The van der Waals surface area contributed by atoms with Gasteiger partial charge < -0.3 is 10.6 Å². The number of rotatable bonds is 2. The number of hydrogen-bond acceptors (Lipinski definition) is 4. The lowest BCUT2D eigenvalue weighted by Gasteiger charge is -2.14. The van der Waals surface area contributed by atoms with Crippen molar-refractivity contribution in [2.75, 3.05) is 0 Å². The van der Waals surface area contributed by atoms with Crippen LogP contribution in [0.3, 0.4) is 0 Å². The summed E-state index contributed by atoms with van der Waals surface area (Å²) in [6, 6.07) is 5.39. The zero-order chi connectivity index (χ0) is 12.4. The van der Waals surface area contributed by atoms with Crippen LogP contribution < -0.4 is 11.2 Å². The van der Waals surface area contributed by atoms with Gasteiger partial charge in [0.05, 0.1) is 0 Å². The van der Waals surface area contributed by atoms with Crippen molar-refractivity contribution in [3.05, 3.63) is 47.2 Å². The molecule has 6 heteroatoms. The predicted octanol–water partition coefficient (Wildman–Crippen LogP) is 0.549. The molecule has 0 spiro atoms. The van der Waals surface area contributed by atoms with Gasteiger partial charge in [0.15, 0.2) is 5.78 Å². The van der Waals surface area contributed by atoms with Gasteiger partial charge in [-0.3, -0.25) is 9.59 Å². The van der Waals surface area contributed by atoms with E-state index in [1.165, 1.54) is 6.07 Å². The van der Waals surface area contributed by atoms with E-state index >= 15 is 0 Å². The maximum absolute atomic E-state index is 11.8. The van der Waals surface area contributed by atoms with Crippen molar-refractivity contribution in [2.45, 2.75) is 0 Å². The summed E-state index contributed by atoms with van der Waals surface area (Å²) >= 11 is 0. The highest BCUT2D eigenvalue weighted by Gasteiger charge is 2.26. The number of fused-ring (bicyclic) bond motifs is 1. The third-order valence-electron chi connectivity index (χ3n) is 2.18. The first kappa shape index (κ1) is 10.9. The van der Waals surface area contributed by atoms with Crippen LogP contribution in [-0.2, 0) is 4.84 Å². The van der Waals surface area contributed by atoms with Crippen molar-refractivity contribution in [2.24, 2.45) is 5.73 Å².